The molecule has 2 heterocycles. The topological polar surface area (TPSA) is 96.9 Å². The highest BCUT2D eigenvalue weighted by Gasteiger charge is 2.51. The maximum Gasteiger partial charge on any atom is 0.418 e. The molecule has 182 valence electrons. The highest BCUT2D eigenvalue weighted by molar-refractivity contribution is 6.00. The van der Waals surface area contributed by atoms with Gasteiger partial charge in [-0.1, -0.05) is 11.6 Å². The van der Waals surface area contributed by atoms with Crippen LogP contribution in [0.3, 0.4) is 0 Å². The molecule has 1 aliphatic rings. The predicted octanol–water partition coefficient (Wildman–Crippen LogP) is 4.75. The SMILES string of the molecule is Cc1ccc(Nc2cnc(CNC(=O)C3(CC(=O)c4cncnc4)CC3)c(F)c2)c(C(F)(F)F)c1. The minimum absolute atomic E-state index is 0.0108. The second-order valence-electron chi connectivity index (χ2n) is 8.51. The molecule has 0 spiro atoms. The van der Waals surface area contributed by atoms with Crippen molar-refractivity contribution in [1.29, 1.82) is 0 Å². The second-order valence-corrected chi connectivity index (χ2v) is 8.51. The van der Waals surface area contributed by atoms with Gasteiger partial charge in [-0.05, 0) is 31.9 Å². The van der Waals surface area contributed by atoms with E-state index in [0.717, 1.165) is 12.1 Å². The first-order valence-corrected chi connectivity index (χ1v) is 10.7. The normalized spacial score (nSPS) is 14.3. The van der Waals surface area contributed by atoms with Gasteiger partial charge in [-0.25, -0.2) is 14.4 Å². The molecule has 4 rings (SSSR count). The first-order chi connectivity index (χ1) is 16.6. The van der Waals surface area contributed by atoms with E-state index < -0.39 is 23.0 Å². The molecular formula is C24H21F4N5O2. The van der Waals surface area contributed by atoms with E-state index >= 15 is 0 Å². The molecule has 11 heteroatoms. The fourth-order valence-corrected chi connectivity index (χ4v) is 3.66. The van der Waals surface area contributed by atoms with E-state index in [-0.39, 0.29) is 41.7 Å². The average molecular weight is 487 g/mol. The third kappa shape index (κ3) is 5.61. The van der Waals surface area contributed by atoms with Crippen LogP contribution in [0.2, 0.25) is 0 Å². The summed E-state index contributed by atoms with van der Waals surface area (Å²) in [5, 5.41) is 5.16. The van der Waals surface area contributed by atoms with Crippen LogP contribution in [0.1, 0.15) is 46.4 Å². The third-order valence-electron chi connectivity index (χ3n) is 5.81. The number of alkyl halides is 3. The highest BCUT2D eigenvalue weighted by Crippen LogP contribution is 2.49. The lowest BCUT2D eigenvalue weighted by Crippen LogP contribution is -2.33. The number of hydrogen-bond acceptors (Lipinski definition) is 6. The van der Waals surface area contributed by atoms with E-state index in [2.05, 4.69) is 25.6 Å². The number of ketones is 1. The number of amides is 1. The number of Topliss-reactive ketones (excluding diaryl/α,β-unsaturated/α-hetero) is 1. The Balaban J connectivity index is 1.39. The molecule has 1 aliphatic carbocycles. The number of hydrogen-bond donors (Lipinski definition) is 2. The Hall–Kier alpha value is -3.89. The molecule has 1 aromatic carbocycles. The predicted molar refractivity (Wildman–Crippen MR) is 118 cm³/mol. The van der Waals surface area contributed by atoms with E-state index in [1.54, 1.807) is 6.92 Å². The fourth-order valence-electron chi connectivity index (χ4n) is 3.66. The number of nitrogens with one attached hydrogen (secondary N) is 2. The second kappa shape index (κ2) is 9.40. The van der Waals surface area contributed by atoms with Crippen molar-refractivity contribution in [3.05, 3.63) is 77.4 Å². The lowest BCUT2D eigenvalue weighted by Gasteiger charge is -2.16. The van der Waals surface area contributed by atoms with Gasteiger partial charge in [-0.15, -0.1) is 0 Å². The molecule has 7 nitrogen and oxygen atoms in total. The molecule has 1 saturated carbocycles. The molecule has 1 amide bonds. The minimum Gasteiger partial charge on any atom is -0.354 e. The van der Waals surface area contributed by atoms with E-state index in [4.69, 9.17) is 0 Å². The Kier molecular flexibility index (Phi) is 6.51. The van der Waals surface area contributed by atoms with Crippen LogP contribution < -0.4 is 10.6 Å². The zero-order valence-electron chi connectivity index (χ0n) is 18.6. The van der Waals surface area contributed by atoms with Crippen molar-refractivity contribution in [2.75, 3.05) is 5.32 Å². The Morgan fingerprint density at radius 3 is 2.43 bits per heavy atom. The summed E-state index contributed by atoms with van der Waals surface area (Å²) in [6.07, 6.45) is 1.70. The van der Waals surface area contributed by atoms with Gasteiger partial charge in [0.05, 0.1) is 46.4 Å². The lowest BCUT2D eigenvalue weighted by molar-refractivity contribution is -0.137. The summed E-state index contributed by atoms with van der Waals surface area (Å²) in [4.78, 5) is 36.6. The standard InChI is InChI=1S/C24H21F4N5O2/c1-14-2-3-19(17(6-14)24(26,27)28)33-16-7-18(25)20(31-11-16)12-32-22(35)23(4-5-23)8-21(34)15-9-29-13-30-10-15/h2-3,6-7,9-11,13,33H,4-5,8,12H2,1H3,(H,32,35). The van der Waals surface area contributed by atoms with E-state index in [1.165, 1.54) is 37.1 Å². The molecular weight excluding hydrogens is 466 g/mol. The van der Waals surface area contributed by atoms with Crippen LogP contribution >= 0.6 is 0 Å². The van der Waals surface area contributed by atoms with E-state index in [0.29, 0.717) is 24.0 Å². The number of pyridine rings is 1. The van der Waals surface area contributed by atoms with Crippen molar-refractivity contribution in [3.8, 4) is 0 Å². The van der Waals surface area contributed by atoms with Gasteiger partial charge in [0, 0.05) is 24.9 Å². The first-order valence-electron chi connectivity index (χ1n) is 10.7. The number of aromatic nitrogens is 3. The first kappa shape index (κ1) is 24.2. The molecule has 2 N–H and O–H groups in total. The highest BCUT2D eigenvalue weighted by atomic mass is 19.4. The third-order valence-corrected chi connectivity index (χ3v) is 5.81. The summed E-state index contributed by atoms with van der Waals surface area (Å²) in [7, 11) is 0. The number of rotatable bonds is 8. The number of halogens is 4. The quantitative estimate of drug-likeness (QED) is 0.352. The largest absolute Gasteiger partial charge is 0.418 e. The smallest absolute Gasteiger partial charge is 0.354 e. The molecule has 0 atom stereocenters. The Morgan fingerprint density at radius 1 is 1.09 bits per heavy atom. The summed E-state index contributed by atoms with van der Waals surface area (Å²) in [5.41, 5.74) is -1.27. The molecule has 0 unspecified atom stereocenters. The van der Waals surface area contributed by atoms with Crippen LogP contribution in [-0.2, 0) is 17.5 Å². The van der Waals surface area contributed by atoms with Gasteiger partial charge in [0.1, 0.15) is 12.1 Å². The van der Waals surface area contributed by atoms with Gasteiger partial charge >= 0.3 is 6.18 Å². The summed E-state index contributed by atoms with van der Waals surface area (Å²) >= 11 is 0. The van der Waals surface area contributed by atoms with Gasteiger partial charge in [0.15, 0.2) is 5.78 Å². The van der Waals surface area contributed by atoms with Gasteiger partial charge in [0.25, 0.3) is 0 Å². The van der Waals surface area contributed by atoms with Crippen molar-refractivity contribution in [1.82, 2.24) is 20.3 Å². The zero-order chi connectivity index (χ0) is 25.2. The molecule has 0 aliphatic heterocycles. The van der Waals surface area contributed by atoms with E-state index in [9.17, 15) is 27.2 Å². The van der Waals surface area contributed by atoms with Crippen LogP contribution in [0.25, 0.3) is 0 Å². The summed E-state index contributed by atoms with van der Waals surface area (Å²) in [6.45, 7) is 1.31. The van der Waals surface area contributed by atoms with Gasteiger partial charge < -0.3 is 10.6 Å². The molecule has 3 aromatic rings. The lowest BCUT2D eigenvalue weighted by atomic mass is 9.96. The molecule has 0 bridgehead atoms. The van der Waals surface area contributed by atoms with Crippen molar-refractivity contribution in [2.45, 2.75) is 38.9 Å². The Bertz CT molecular complexity index is 1260. The number of nitrogens with zero attached hydrogens (tertiary/aromatic N) is 3. The summed E-state index contributed by atoms with van der Waals surface area (Å²) in [5.74, 6) is -1.44. The maximum atomic E-state index is 14.6. The van der Waals surface area contributed by atoms with Crippen LogP contribution in [0.15, 0.2) is 49.2 Å². The van der Waals surface area contributed by atoms with E-state index in [1.807, 2.05) is 0 Å². The molecule has 35 heavy (non-hydrogen) atoms. The number of aryl methyl sites for hydroxylation is 1. The molecule has 0 radical (unpaired) electrons. The Morgan fingerprint density at radius 2 is 1.80 bits per heavy atom. The van der Waals surface area contributed by atoms with Crippen LogP contribution in [0, 0.1) is 18.2 Å². The minimum atomic E-state index is -4.59. The van der Waals surface area contributed by atoms with Crippen molar-refractivity contribution < 1.29 is 27.2 Å². The molecule has 0 saturated heterocycles. The van der Waals surface area contributed by atoms with Gasteiger partial charge in [-0.2, -0.15) is 13.2 Å². The van der Waals surface area contributed by atoms with Crippen molar-refractivity contribution >= 4 is 23.1 Å². The summed E-state index contributed by atoms with van der Waals surface area (Å²) < 4.78 is 54.6. The maximum absolute atomic E-state index is 14.6. The number of carbonyl (C=O) groups is 2. The van der Waals surface area contributed by atoms with Crippen molar-refractivity contribution in [3.63, 3.8) is 0 Å². The van der Waals surface area contributed by atoms with Crippen LogP contribution in [0.5, 0.6) is 0 Å². The number of carbonyl (C=O) groups excluding carboxylic acids is 2. The fraction of sp³-hybridized carbons (Fsp3) is 0.292. The van der Waals surface area contributed by atoms with Gasteiger partial charge in [-0.3, -0.25) is 14.6 Å². The molecule has 1 fully saturated rings. The number of benzene rings is 1. The number of anilines is 2. The monoisotopic (exact) mass is 487 g/mol. The van der Waals surface area contributed by atoms with Gasteiger partial charge in [0.2, 0.25) is 5.91 Å². The average Bonchev–Trinajstić information content (AvgIpc) is 3.60. The van der Waals surface area contributed by atoms with Crippen LogP contribution in [0.4, 0.5) is 28.9 Å². The molecule has 2 aromatic heterocycles. The van der Waals surface area contributed by atoms with Crippen molar-refractivity contribution in [2.24, 2.45) is 5.41 Å². The summed E-state index contributed by atoms with van der Waals surface area (Å²) in [6, 6.07) is 4.79. The van der Waals surface area contributed by atoms with Crippen LogP contribution in [-0.4, -0.2) is 26.6 Å². The Labute approximate surface area is 198 Å². The zero-order valence-corrected chi connectivity index (χ0v) is 18.6.